The molecule has 1 amide bonds. The molecule has 7 nitrogen and oxygen atoms in total. The first-order valence-corrected chi connectivity index (χ1v) is 8.80. The second-order valence-corrected chi connectivity index (χ2v) is 7.08. The maximum Gasteiger partial charge on any atom is 0.239 e. The summed E-state index contributed by atoms with van der Waals surface area (Å²) in [5.74, 6) is 0.219. The van der Waals surface area contributed by atoms with E-state index in [1.54, 1.807) is 0 Å². The molecular formula is C18H24N6O. The van der Waals surface area contributed by atoms with E-state index in [2.05, 4.69) is 25.6 Å². The van der Waals surface area contributed by atoms with Crippen LogP contribution < -0.4 is 0 Å². The zero-order valence-electron chi connectivity index (χ0n) is 14.9. The molecule has 1 N–H and O–H groups in total. The number of H-pyrrole nitrogens is 1. The van der Waals surface area contributed by atoms with E-state index >= 15 is 0 Å². The molecule has 1 fully saturated rings. The summed E-state index contributed by atoms with van der Waals surface area (Å²) >= 11 is 0. The van der Waals surface area contributed by atoms with Crippen LogP contribution in [0.3, 0.4) is 0 Å². The van der Waals surface area contributed by atoms with E-state index in [0.717, 1.165) is 48.0 Å². The van der Waals surface area contributed by atoms with E-state index in [9.17, 15) is 4.79 Å². The first-order valence-electron chi connectivity index (χ1n) is 8.80. The number of hydrogen-bond donors (Lipinski definition) is 1. The highest BCUT2D eigenvalue weighted by Crippen LogP contribution is 2.30. The molecular weight excluding hydrogens is 316 g/mol. The number of hydrogen-bond acceptors (Lipinski definition) is 4. The van der Waals surface area contributed by atoms with Crippen LogP contribution in [0.5, 0.6) is 0 Å². The lowest BCUT2D eigenvalue weighted by atomic mass is 10.0. The molecule has 25 heavy (non-hydrogen) atoms. The molecule has 3 aromatic rings. The van der Waals surface area contributed by atoms with Gasteiger partial charge in [0.1, 0.15) is 11.2 Å². The Morgan fingerprint density at radius 1 is 1.32 bits per heavy atom. The maximum absolute atomic E-state index is 12.5. The summed E-state index contributed by atoms with van der Waals surface area (Å²) in [6, 6.07) is 2.35. The average molecular weight is 340 g/mol. The number of carbonyl (C=O) groups excluding carboxylic acids is 1. The molecule has 4 rings (SSSR count). The second kappa shape index (κ2) is 6.15. The third kappa shape index (κ3) is 2.68. The van der Waals surface area contributed by atoms with Crippen molar-refractivity contribution in [1.82, 2.24) is 29.3 Å². The fraction of sp³-hybridized carbons (Fsp3) is 0.500. The van der Waals surface area contributed by atoms with Crippen molar-refractivity contribution in [3.63, 3.8) is 0 Å². The van der Waals surface area contributed by atoms with Crippen LogP contribution in [0, 0.1) is 0 Å². The second-order valence-electron chi connectivity index (χ2n) is 7.08. The van der Waals surface area contributed by atoms with Gasteiger partial charge in [0.25, 0.3) is 0 Å². The van der Waals surface area contributed by atoms with Gasteiger partial charge in [-0.3, -0.25) is 9.69 Å². The van der Waals surface area contributed by atoms with Crippen molar-refractivity contribution in [2.75, 3.05) is 27.2 Å². The van der Waals surface area contributed by atoms with Crippen LogP contribution in [-0.4, -0.2) is 68.5 Å². The Bertz CT molecular complexity index is 903. The number of likely N-dealkylation sites (tertiary alicyclic amines) is 1. The number of nitrogens with zero attached hydrogens (tertiary/aromatic N) is 5. The van der Waals surface area contributed by atoms with Gasteiger partial charge in [-0.15, -0.1) is 0 Å². The van der Waals surface area contributed by atoms with E-state index < -0.39 is 0 Å². The molecule has 1 aliphatic rings. The number of likely N-dealkylation sites (N-methyl/N-ethyl adjacent to an activating group) is 1. The van der Waals surface area contributed by atoms with Crippen molar-refractivity contribution in [2.24, 2.45) is 0 Å². The van der Waals surface area contributed by atoms with Crippen LogP contribution in [0.2, 0.25) is 0 Å². The van der Waals surface area contributed by atoms with Crippen LogP contribution in [-0.2, 0) is 4.79 Å². The number of aromatic nitrogens is 4. The normalized spacial score (nSPS) is 17.7. The van der Waals surface area contributed by atoms with Gasteiger partial charge < -0.3 is 14.5 Å². The summed E-state index contributed by atoms with van der Waals surface area (Å²) in [5.41, 5.74) is 2.95. The molecule has 7 heteroatoms. The Hall–Kier alpha value is -2.41. The Balaban J connectivity index is 1.56. The van der Waals surface area contributed by atoms with Crippen molar-refractivity contribution in [3.8, 4) is 0 Å². The Morgan fingerprint density at radius 2 is 2.08 bits per heavy atom. The summed E-state index contributed by atoms with van der Waals surface area (Å²) in [6.45, 7) is 3.55. The number of carbonyl (C=O) groups is 1. The molecule has 1 saturated heterocycles. The van der Waals surface area contributed by atoms with Gasteiger partial charge in [0.05, 0.1) is 24.1 Å². The molecule has 0 bridgehead atoms. The molecule has 0 aromatic carbocycles. The first-order chi connectivity index (χ1) is 12.1. The molecule has 0 saturated carbocycles. The minimum atomic E-state index is -0.0730. The van der Waals surface area contributed by atoms with Crippen molar-refractivity contribution in [3.05, 3.63) is 24.8 Å². The summed E-state index contributed by atoms with van der Waals surface area (Å²) in [5, 5.41) is 1.11. The first kappa shape index (κ1) is 16.1. The Kier molecular flexibility index (Phi) is 3.95. The summed E-state index contributed by atoms with van der Waals surface area (Å²) in [6.07, 6.45) is 7.56. The van der Waals surface area contributed by atoms with Crippen molar-refractivity contribution >= 4 is 28.0 Å². The smallest absolute Gasteiger partial charge is 0.239 e. The lowest BCUT2D eigenvalue weighted by Gasteiger charge is -2.35. The molecule has 1 unspecified atom stereocenters. The van der Waals surface area contributed by atoms with Crippen LogP contribution in [0.1, 0.15) is 25.8 Å². The molecule has 3 aromatic heterocycles. The molecule has 4 heterocycles. The third-order valence-electron chi connectivity index (χ3n) is 5.42. The SMILES string of the molecule is CC(C(=O)N1CCC(n2cnc3cnc4[nH]ccc4c32)CC1)N(C)C. The third-order valence-corrected chi connectivity index (χ3v) is 5.42. The molecule has 1 aliphatic heterocycles. The van der Waals surface area contributed by atoms with Crippen molar-refractivity contribution in [2.45, 2.75) is 31.8 Å². The predicted molar refractivity (Wildman–Crippen MR) is 97.4 cm³/mol. The van der Waals surface area contributed by atoms with Gasteiger partial charge in [-0.05, 0) is 39.9 Å². The number of fused-ring (bicyclic) bond motifs is 3. The number of nitrogens with one attached hydrogen (secondary N) is 1. The summed E-state index contributed by atoms with van der Waals surface area (Å²) < 4.78 is 2.27. The van der Waals surface area contributed by atoms with Gasteiger partial charge in [0.15, 0.2) is 0 Å². The van der Waals surface area contributed by atoms with Crippen molar-refractivity contribution in [1.29, 1.82) is 0 Å². The molecule has 132 valence electrons. The van der Waals surface area contributed by atoms with Gasteiger partial charge in [0.2, 0.25) is 5.91 Å². The van der Waals surface area contributed by atoms with E-state index in [-0.39, 0.29) is 11.9 Å². The van der Waals surface area contributed by atoms with Crippen LogP contribution in [0.25, 0.3) is 22.1 Å². The lowest BCUT2D eigenvalue weighted by molar-refractivity contribution is -0.136. The van der Waals surface area contributed by atoms with E-state index in [0.29, 0.717) is 6.04 Å². The molecule has 1 atom stereocenters. The monoisotopic (exact) mass is 340 g/mol. The van der Waals surface area contributed by atoms with E-state index in [1.165, 1.54) is 0 Å². The zero-order chi connectivity index (χ0) is 17.6. The number of pyridine rings is 1. The highest BCUT2D eigenvalue weighted by Gasteiger charge is 2.28. The summed E-state index contributed by atoms with van der Waals surface area (Å²) in [4.78, 5) is 28.6. The van der Waals surface area contributed by atoms with Gasteiger partial charge in [-0.25, -0.2) is 9.97 Å². The van der Waals surface area contributed by atoms with Gasteiger partial charge >= 0.3 is 0 Å². The zero-order valence-corrected chi connectivity index (χ0v) is 14.9. The largest absolute Gasteiger partial charge is 0.346 e. The number of imidazole rings is 1. The Morgan fingerprint density at radius 3 is 2.80 bits per heavy atom. The number of aromatic amines is 1. The van der Waals surface area contributed by atoms with Gasteiger partial charge in [0, 0.05) is 30.7 Å². The highest BCUT2D eigenvalue weighted by atomic mass is 16.2. The molecule has 0 spiro atoms. The summed E-state index contributed by atoms with van der Waals surface area (Å²) in [7, 11) is 3.90. The molecule has 0 aliphatic carbocycles. The maximum atomic E-state index is 12.5. The fourth-order valence-electron chi connectivity index (χ4n) is 3.66. The minimum absolute atomic E-state index is 0.0730. The predicted octanol–water partition coefficient (Wildman–Crippen LogP) is 2.03. The van der Waals surface area contributed by atoms with Crippen LogP contribution in [0.4, 0.5) is 0 Å². The van der Waals surface area contributed by atoms with Crippen LogP contribution >= 0.6 is 0 Å². The quantitative estimate of drug-likeness (QED) is 0.792. The lowest BCUT2D eigenvalue weighted by Crippen LogP contribution is -2.47. The number of rotatable bonds is 3. The number of piperidine rings is 1. The van der Waals surface area contributed by atoms with E-state index in [4.69, 9.17) is 0 Å². The highest BCUT2D eigenvalue weighted by molar-refractivity contribution is 6.00. The fourth-order valence-corrected chi connectivity index (χ4v) is 3.66. The topological polar surface area (TPSA) is 70.0 Å². The van der Waals surface area contributed by atoms with E-state index in [1.807, 2.05) is 49.5 Å². The Labute approximate surface area is 146 Å². The molecule has 0 radical (unpaired) electrons. The van der Waals surface area contributed by atoms with Crippen molar-refractivity contribution < 1.29 is 4.79 Å². The standard InChI is InChI=1S/C18H24N6O/c1-12(22(2)3)18(25)23-8-5-13(6-9-23)24-11-21-15-10-20-17-14(16(15)24)4-7-19-17/h4,7,10-13H,5-6,8-9H2,1-3H3,(H,19,20). The minimum Gasteiger partial charge on any atom is -0.346 e. The van der Waals surface area contributed by atoms with Gasteiger partial charge in [-0.1, -0.05) is 0 Å². The van der Waals surface area contributed by atoms with Gasteiger partial charge in [-0.2, -0.15) is 0 Å². The number of amides is 1. The average Bonchev–Trinajstić information content (AvgIpc) is 3.26. The van der Waals surface area contributed by atoms with Crippen LogP contribution in [0.15, 0.2) is 24.8 Å².